The molecule has 0 N–H and O–H groups in total. The molecule has 0 fully saturated rings. The molecular weight excluding hydrogens is 376 g/mol. The summed E-state index contributed by atoms with van der Waals surface area (Å²) >= 11 is 3.46. The van der Waals surface area contributed by atoms with Crippen molar-refractivity contribution < 1.29 is 4.74 Å². The highest BCUT2D eigenvalue weighted by atomic mass is 79.9. The summed E-state index contributed by atoms with van der Waals surface area (Å²) < 4.78 is 8.30. The summed E-state index contributed by atoms with van der Waals surface area (Å²) in [5, 5.41) is 9.61. The van der Waals surface area contributed by atoms with Crippen molar-refractivity contribution in [2.45, 2.75) is 6.92 Å². The highest BCUT2D eigenvalue weighted by molar-refractivity contribution is 9.10. The van der Waals surface area contributed by atoms with E-state index in [9.17, 15) is 5.26 Å². The van der Waals surface area contributed by atoms with E-state index >= 15 is 0 Å². The number of methoxy groups -OCH3 is 1. The summed E-state index contributed by atoms with van der Waals surface area (Å²) in [5.74, 6) is 0.817. The number of hydrogen-bond acceptors (Lipinski definition) is 2. The summed E-state index contributed by atoms with van der Waals surface area (Å²) in [6.45, 7) is 2.05. The molecule has 0 saturated carbocycles. The fraction of sp³-hybridized carbons (Fsp3) is 0.0952. The van der Waals surface area contributed by atoms with Crippen LogP contribution in [0.1, 0.15) is 17.0 Å². The number of allylic oxidation sites excluding steroid dienone is 1. The SMILES string of the molecule is COc1ccc(-n2c(C)ccc2/C=C(/C#N)c2cccc(Br)c2)cc1. The van der Waals surface area contributed by atoms with E-state index in [1.54, 1.807) is 7.11 Å². The van der Waals surface area contributed by atoms with Crippen molar-refractivity contribution >= 4 is 27.6 Å². The van der Waals surface area contributed by atoms with Crippen LogP contribution in [-0.2, 0) is 0 Å². The van der Waals surface area contributed by atoms with Gasteiger partial charge in [-0.15, -0.1) is 0 Å². The van der Waals surface area contributed by atoms with Crippen LogP contribution in [0.25, 0.3) is 17.3 Å². The molecule has 1 heterocycles. The Morgan fingerprint density at radius 1 is 1.12 bits per heavy atom. The maximum Gasteiger partial charge on any atom is 0.119 e. The van der Waals surface area contributed by atoms with Gasteiger partial charge in [0, 0.05) is 21.5 Å². The van der Waals surface area contributed by atoms with Crippen LogP contribution in [0.3, 0.4) is 0 Å². The topological polar surface area (TPSA) is 38.0 Å². The third-order valence-electron chi connectivity index (χ3n) is 3.99. The zero-order chi connectivity index (χ0) is 17.8. The van der Waals surface area contributed by atoms with E-state index < -0.39 is 0 Å². The third-order valence-corrected chi connectivity index (χ3v) is 4.48. The van der Waals surface area contributed by atoms with Gasteiger partial charge in [-0.3, -0.25) is 0 Å². The predicted octanol–water partition coefficient (Wildman–Crippen LogP) is 5.62. The number of halogens is 1. The lowest BCUT2D eigenvalue weighted by atomic mass is 10.1. The zero-order valence-electron chi connectivity index (χ0n) is 14.0. The van der Waals surface area contributed by atoms with Crippen molar-refractivity contribution in [2.24, 2.45) is 0 Å². The molecule has 3 rings (SSSR count). The average Bonchev–Trinajstić information content (AvgIpc) is 3.00. The van der Waals surface area contributed by atoms with Crippen molar-refractivity contribution in [3.05, 3.63) is 82.1 Å². The number of benzene rings is 2. The Kier molecular flexibility index (Phi) is 5.06. The van der Waals surface area contributed by atoms with Gasteiger partial charge in [0.05, 0.1) is 18.8 Å². The quantitative estimate of drug-likeness (QED) is 0.540. The number of aryl methyl sites for hydroxylation is 1. The standard InChI is InChI=1S/C21H17BrN2O/c1-15-6-7-20(24(15)19-8-10-21(25-2)11-9-19)13-17(14-23)16-4-3-5-18(22)12-16/h3-13H,1-2H3/b17-13-. The number of nitrogens with zero attached hydrogens (tertiary/aromatic N) is 2. The van der Waals surface area contributed by atoms with E-state index in [4.69, 9.17) is 4.74 Å². The molecule has 0 amide bonds. The van der Waals surface area contributed by atoms with E-state index in [0.29, 0.717) is 5.57 Å². The molecule has 25 heavy (non-hydrogen) atoms. The number of nitriles is 1. The molecule has 0 unspecified atom stereocenters. The first-order valence-corrected chi connectivity index (χ1v) is 8.62. The molecule has 1 aromatic heterocycles. The highest BCUT2D eigenvalue weighted by Gasteiger charge is 2.09. The van der Waals surface area contributed by atoms with Gasteiger partial charge in [-0.05, 0) is 67.1 Å². The van der Waals surface area contributed by atoms with E-state index in [-0.39, 0.29) is 0 Å². The Morgan fingerprint density at radius 2 is 1.88 bits per heavy atom. The number of aromatic nitrogens is 1. The molecule has 2 aromatic carbocycles. The van der Waals surface area contributed by atoms with Gasteiger partial charge >= 0.3 is 0 Å². The van der Waals surface area contributed by atoms with Crippen LogP contribution in [-0.4, -0.2) is 11.7 Å². The maximum absolute atomic E-state index is 9.61. The molecule has 0 aliphatic carbocycles. The van der Waals surface area contributed by atoms with E-state index in [1.807, 2.05) is 73.7 Å². The van der Waals surface area contributed by atoms with Gasteiger partial charge in [0.1, 0.15) is 5.75 Å². The smallest absolute Gasteiger partial charge is 0.119 e. The van der Waals surface area contributed by atoms with Crippen LogP contribution < -0.4 is 4.74 Å². The van der Waals surface area contributed by atoms with Gasteiger partial charge in [0.25, 0.3) is 0 Å². The number of rotatable bonds is 4. The largest absolute Gasteiger partial charge is 0.497 e. The number of hydrogen-bond donors (Lipinski definition) is 0. The summed E-state index contributed by atoms with van der Waals surface area (Å²) in [6, 6.07) is 22.0. The van der Waals surface area contributed by atoms with Gasteiger partial charge in [-0.25, -0.2) is 0 Å². The molecule has 0 saturated heterocycles. The monoisotopic (exact) mass is 392 g/mol. The Labute approximate surface area is 155 Å². The van der Waals surface area contributed by atoms with E-state index in [2.05, 4.69) is 26.6 Å². The van der Waals surface area contributed by atoms with Gasteiger partial charge < -0.3 is 9.30 Å². The summed E-state index contributed by atoms with van der Waals surface area (Å²) in [7, 11) is 1.65. The molecule has 0 atom stereocenters. The lowest BCUT2D eigenvalue weighted by Crippen LogP contribution is -1.99. The Morgan fingerprint density at radius 3 is 2.52 bits per heavy atom. The second-order valence-electron chi connectivity index (χ2n) is 5.61. The van der Waals surface area contributed by atoms with Gasteiger partial charge in [-0.1, -0.05) is 28.1 Å². The predicted molar refractivity (Wildman–Crippen MR) is 105 cm³/mol. The Bertz CT molecular complexity index is 962. The highest BCUT2D eigenvalue weighted by Crippen LogP contribution is 2.25. The first kappa shape index (κ1) is 17.1. The molecule has 124 valence electrons. The van der Waals surface area contributed by atoms with E-state index in [1.165, 1.54) is 0 Å². The van der Waals surface area contributed by atoms with Gasteiger partial charge in [-0.2, -0.15) is 5.26 Å². The minimum absolute atomic E-state index is 0.620. The lowest BCUT2D eigenvalue weighted by molar-refractivity contribution is 0.414. The van der Waals surface area contributed by atoms with Crippen LogP contribution in [0.4, 0.5) is 0 Å². The normalized spacial score (nSPS) is 11.2. The average molecular weight is 393 g/mol. The maximum atomic E-state index is 9.61. The third kappa shape index (κ3) is 3.67. The molecular formula is C21H17BrN2O. The minimum atomic E-state index is 0.620. The zero-order valence-corrected chi connectivity index (χ0v) is 15.6. The van der Waals surface area contributed by atoms with Crippen molar-refractivity contribution in [3.8, 4) is 17.5 Å². The molecule has 3 nitrogen and oxygen atoms in total. The first-order valence-electron chi connectivity index (χ1n) is 7.83. The molecule has 0 radical (unpaired) electrons. The molecule has 0 bridgehead atoms. The fourth-order valence-electron chi connectivity index (χ4n) is 2.74. The molecule has 0 aliphatic heterocycles. The molecule has 3 aromatic rings. The van der Waals surface area contributed by atoms with Gasteiger partial charge in [0.2, 0.25) is 0 Å². The van der Waals surface area contributed by atoms with Crippen molar-refractivity contribution in [1.82, 2.24) is 4.57 Å². The van der Waals surface area contributed by atoms with Crippen LogP contribution in [0.5, 0.6) is 5.75 Å². The van der Waals surface area contributed by atoms with Crippen LogP contribution >= 0.6 is 15.9 Å². The molecule has 0 spiro atoms. The van der Waals surface area contributed by atoms with Crippen molar-refractivity contribution in [2.75, 3.05) is 7.11 Å². The summed E-state index contributed by atoms with van der Waals surface area (Å²) in [6.07, 6.45) is 1.92. The fourth-order valence-corrected chi connectivity index (χ4v) is 3.14. The molecule has 4 heteroatoms. The van der Waals surface area contributed by atoms with Crippen molar-refractivity contribution in [1.29, 1.82) is 5.26 Å². The van der Waals surface area contributed by atoms with Gasteiger partial charge in [0.15, 0.2) is 0 Å². The first-order chi connectivity index (χ1) is 12.1. The minimum Gasteiger partial charge on any atom is -0.497 e. The van der Waals surface area contributed by atoms with Crippen LogP contribution in [0, 0.1) is 18.3 Å². The van der Waals surface area contributed by atoms with E-state index in [0.717, 1.165) is 32.9 Å². The Balaban J connectivity index is 2.07. The summed E-state index contributed by atoms with van der Waals surface area (Å²) in [4.78, 5) is 0. The number of ether oxygens (including phenoxy) is 1. The second kappa shape index (κ2) is 7.42. The van der Waals surface area contributed by atoms with Crippen LogP contribution in [0.15, 0.2) is 65.1 Å². The van der Waals surface area contributed by atoms with Crippen LogP contribution in [0.2, 0.25) is 0 Å². The van der Waals surface area contributed by atoms with Crippen molar-refractivity contribution in [3.63, 3.8) is 0 Å². The molecule has 0 aliphatic rings. The second-order valence-corrected chi connectivity index (χ2v) is 6.53. The lowest BCUT2D eigenvalue weighted by Gasteiger charge is -2.11. The Hall–Kier alpha value is -2.77. The summed E-state index contributed by atoms with van der Waals surface area (Å²) in [5.41, 5.74) is 4.59.